The van der Waals surface area contributed by atoms with E-state index in [9.17, 15) is 4.39 Å². The van der Waals surface area contributed by atoms with Gasteiger partial charge in [-0.2, -0.15) is 0 Å². The van der Waals surface area contributed by atoms with Gasteiger partial charge in [-0.05, 0) is 48.9 Å². The summed E-state index contributed by atoms with van der Waals surface area (Å²) < 4.78 is 24.1. The molecule has 0 radical (unpaired) electrons. The second-order valence-electron chi connectivity index (χ2n) is 6.97. The maximum absolute atomic E-state index is 13.1. The molecule has 5 nitrogen and oxygen atoms in total. The van der Waals surface area contributed by atoms with Crippen LogP contribution in [0, 0.1) is 12.7 Å². The number of hydrogen-bond acceptors (Lipinski definition) is 5. The Bertz CT molecular complexity index is 998. The number of rotatable bonds is 2. The second-order valence-corrected chi connectivity index (χ2v) is 6.97. The summed E-state index contributed by atoms with van der Waals surface area (Å²) in [4.78, 5) is 9.45. The first-order valence-corrected chi connectivity index (χ1v) is 9.14. The Balaban J connectivity index is 1.38. The maximum atomic E-state index is 13.1. The zero-order valence-electron chi connectivity index (χ0n) is 15.1. The molecule has 0 N–H and O–H groups in total. The minimum atomic E-state index is -0.200. The van der Waals surface area contributed by atoms with Crippen LogP contribution >= 0.6 is 0 Å². The SMILES string of the molecule is Cc1cc(N2CCN(c3ccc(F)cc3)CC2)nc2cc3c(cc12)OCO3. The molecule has 0 amide bonds. The van der Waals surface area contributed by atoms with Gasteiger partial charge in [0.2, 0.25) is 6.79 Å². The van der Waals surface area contributed by atoms with Gasteiger partial charge in [0.1, 0.15) is 11.6 Å². The molecule has 1 saturated heterocycles. The zero-order valence-corrected chi connectivity index (χ0v) is 15.1. The van der Waals surface area contributed by atoms with Gasteiger partial charge >= 0.3 is 0 Å². The topological polar surface area (TPSA) is 37.8 Å². The molecule has 0 aliphatic carbocycles. The lowest BCUT2D eigenvalue weighted by Gasteiger charge is -2.37. The third-order valence-electron chi connectivity index (χ3n) is 5.29. The Labute approximate surface area is 156 Å². The molecule has 1 aromatic heterocycles. The van der Waals surface area contributed by atoms with E-state index in [1.807, 2.05) is 24.3 Å². The van der Waals surface area contributed by atoms with Crippen molar-refractivity contribution < 1.29 is 13.9 Å². The first-order chi connectivity index (χ1) is 13.2. The molecule has 6 heteroatoms. The van der Waals surface area contributed by atoms with Crippen molar-refractivity contribution in [2.24, 2.45) is 0 Å². The summed E-state index contributed by atoms with van der Waals surface area (Å²) in [5.41, 5.74) is 3.16. The Morgan fingerprint density at radius 3 is 2.30 bits per heavy atom. The fourth-order valence-electron chi connectivity index (χ4n) is 3.77. The van der Waals surface area contributed by atoms with Gasteiger partial charge in [-0.1, -0.05) is 0 Å². The summed E-state index contributed by atoms with van der Waals surface area (Å²) >= 11 is 0. The highest BCUT2D eigenvalue weighted by Gasteiger charge is 2.21. The molecule has 5 rings (SSSR count). The van der Waals surface area contributed by atoms with E-state index < -0.39 is 0 Å². The molecule has 138 valence electrons. The summed E-state index contributed by atoms with van der Waals surface area (Å²) in [5.74, 6) is 2.33. The Hall–Kier alpha value is -3.02. The van der Waals surface area contributed by atoms with Crippen molar-refractivity contribution in [3.8, 4) is 11.5 Å². The molecule has 2 aliphatic rings. The Morgan fingerprint density at radius 1 is 0.889 bits per heavy atom. The van der Waals surface area contributed by atoms with E-state index in [1.165, 1.54) is 17.7 Å². The highest BCUT2D eigenvalue weighted by Crippen LogP contribution is 2.37. The van der Waals surface area contributed by atoms with Crippen molar-refractivity contribution in [2.45, 2.75) is 6.92 Å². The van der Waals surface area contributed by atoms with Crippen LogP contribution in [0.5, 0.6) is 11.5 Å². The summed E-state index contributed by atoms with van der Waals surface area (Å²) in [6.45, 7) is 5.88. The number of halogens is 1. The lowest BCUT2D eigenvalue weighted by atomic mass is 10.1. The quantitative estimate of drug-likeness (QED) is 0.692. The lowest BCUT2D eigenvalue weighted by Crippen LogP contribution is -2.46. The molecule has 0 saturated carbocycles. The molecule has 2 aromatic carbocycles. The van der Waals surface area contributed by atoms with Crippen molar-refractivity contribution in [1.82, 2.24) is 4.98 Å². The molecular weight excluding hydrogens is 345 g/mol. The van der Waals surface area contributed by atoms with Gasteiger partial charge in [0.15, 0.2) is 11.5 Å². The number of ether oxygens (including phenoxy) is 2. The third-order valence-corrected chi connectivity index (χ3v) is 5.29. The number of aryl methyl sites for hydroxylation is 1. The standard InChI is InChI=1S/C21H20FN3O2/c1-14-10-21(23-18-12-20-19(11-17(14)18)26-13-27-20)25-8-6-24(7-9-25)16-4-2-15(22)3-5-16/h2-5,10-12H,6-9,13H2,1H3. The van der Waals surface area contributed by atoms with Crippen molar-refractivity contribution in [2.75, 3.05) is 42.8 Å². The number of hydrogen-bond donors (Lipinski definition) is 0. The molecule has 0 unspecified atom stereocenters. The summed E-state index contributed by atoms with van der Waals surface area (Å²) in [5, 5.41) is 1.09. The highest BCUT2D eigenvalue weighted by atomic mass is 19.1. The first-order valence-electron chi connectivity index (χ1n) is 9.14. The van der Waals surface area contributed by atoms with Gasteiger partial charge in [0.05, 0.1) is 5.52 Å². The van der Waals surface area contributed by atoms with E-state index in [4.69, 9.17) is 14.5 Å². The zero-order chi connectivity index (χ0) is 18.4. The van der Waals surface area contributed by atoms with Crippen LogP contribution in [-0.2, 0) is 0 Å². The van der Waals surface area contributed by atoms with E-state index >= 15 is 0 Å². The van der Waals surface area contributed by atoms with Crippen molar-refractivity contribution >= 4 is 22.4 Å². The van der Waals surface area contributed by atoms with Gasteiger partial charge < -0.3 is 19.3 Å². The molecule has 2 aliphatic heterocycles. The first kappa shape index (κ1) is 16.2. The van der Waals surface area contributed by atoms with Crippen LogP contribution in [0.25, 0.3) is 10.9 Å². The van der Waals surface area contributed by atoms with Gasteiger partial charge in [0.25, 0.3) is 0 Å². The fourth-order valence-corrected chi connectivity index (χ4v) is 3.77. The highest BCUT2D eigenvalue weighted by molar-refractivity contribution is 5.87. The predicted molar refractivity (Wildman–Crippen MR) is 103 cm³/mol. The van der Waals surface area contributed by atoms with Gasteiger partial charge in [-0.25, -0.2) is 9.37 Å². The third kappa shape index (κ3) is 2.91. The van der Waals surface area contributed by atoms with E-state index in [-0.39, 0.29) is 12.6 Å². The minimum absolute atomic E-state index is 0.200. The summed E-state index contributed by atoms with van der Waals surface area (Å²) in [6.07, 6.45) is 0. The molecule has 27 heavy (non-hydrogen) atoms. The van der Waals surface area contributed by atoms with E-state index in [1.54, 1.807) is 0 Å². The van der Waals surface area contributed by atoms with Gasteiger partial charge in [0, 0.05) is 43.3 Å². The fraction of sp³-hybridized carbons (Fsp3) is 0.286. The number of anilines is 2. The number of piperazine rings is 1. The molecule has 3 heterocycles. The van der Waals surface area contributed by atoms with E-state index in [0.717, 1.165) is 60.1 Å². The lowest BCUT2D eigenvalue weighted by molar-refractivity contribution is 0.174. The largest absolute Gasteiger partial charge is 0.454 e. The normalized spacial score (nSPS) is 16.2. The number of pyridine rings is 1. The molecule has 0 atom stereocenters. The van der Waals surface area contributed by atoms with E-state index in [2.05, 4.69) is 22.8 Å². The molecule has 0 spiro atoms. The summed E-state index contributed by atoms with van der Waals surface area (Å²) in [6, 6.07) is 12.8. The predicted octanol–water partition coefficient (Wildman–Crippen LogP) is 3.74. The second kappa shape index (κ2) is 6.30. The summed E-state index contributed by atoms with van der Waals surface area (Å²) in [7, 11) is 0. The van der Waals surface area contributed by atoms with Crippen LogP contribution < -0.4 is 19.3 Å². The van der Waals surface area contributed by atoms with Crippen LogP contribution in [0.1, 0.15) is 5.56 Å². The number of fused-ring (bicyclic) bond motifs is 2. The smallest absolute Gasteiger partial charge is 0.231 e. The van der Waals surface area contributed by atoms with Gasteiger partial charge in [-0.15, -0.1) is 0 Å². The average Bonchev–Trinajstić information content (AvgIpc) is 3.15. The van der Waals surface area contributed by atoms with Crippen LogP contribution in [0.4, 0.5) is 15.9 Å². The molecule has 1 fully saturated rings. The number of aromatic nitrogens is 1. The van der Waals surface area contributed by atoms with Crippen molar-refractivity contribution in [3.63, 3.8) is 0 Å². The molecule has 0 bridgehead atoms. The van der Waals surface area contributed by atoms with Crippen LogP contribution in [0.15, 0.2) is 42.5 Å². The minimum Gasteiger partial charge on any atom is -0.454 e. The van der Waals surface area contributed by atoms with Crippen molar-refractivity contribution in [1.29, 1.82) is 0 Å². The van der Waals surface area contributed by atoms with Gasteiger partial charge in [-0.3, -0.25) is 0 Å². The number of benzene rings is 2. The Morgan fingerprint density at radius 2 is 1.56 bits per heavy atom. The molecular formula is C21H20FN3O2. The van der Waals surface area contributed by atoms with E-state index in [0.29, 0.717) is 0 Å². The number of nitrogens with zero attached hydrogens (tertiary/aromatic N) is 3. The van der Waals surface area contributed by atoms with Crippen molar-refractivity contribution in [3.05, 3.63) is 53.8 Å². The van der Waals surface area contributed by atoms with Crippen LogP contribution in [0.2, 0.25) is 0 Å². The maximum Gasteiger partial charge on any atom is 0.231 e. The molecule has 3 aromatic rings. The van der Waals surface area contributed by atoms with Crippen LogP contribution in [-0.4, -0.2) is 38.0 Å². The Kier molecular flexibility index (Phi) is 3.77. The average molecular weight is 365 g/mol. The monoisotopic (exact) mass is 365 g/mol. The van der Waals surface area contributed by atoms with Crippen LogP contribution in [0.3, 0.4) is 0 Å².